The quantitative estimate of drug-likeness (QED) is 0.905. The summed E-state index contributed by atoms with van der Waals surface area (Å²) in [5.74, 6) is 1.41. The topological polar surface area (TPSA) is 49.2 Å². The first kappa shape index (κ1) is 14.3. The Morgan fingerprint density at radius 2 is 1.89 bits per heavy atom. The van der Waals surface area contributed by atoms with E-state index in [1.54, 1.807) is 0 Å². The van der Waals surface area contributed by atoms with E-state index in [-0.39, 0.29) is 12.6 Å². The maximum Gasteiger partial charge on any atom is 0.226 e. The molecule has 4 nitrogen and oxygen atoms in total. The molecule has 0 aromatic carbocycles. The van der Waals surface area contributed by atoms with Gasteiger partial charge in [0.05, 0.1) is 12.6 Å². The summed E-state index contributed by atoms with van der Waals surface area (Å²) in [7, 11) is 0. The number of aliphatic hydroxyl groups excluding tert-OH is 1. The van der Waals surface area contributed by atoms with E-state index in [9.17, 15) is 5.11 Å². The lowest BCUT2D eigenvalue weighted by Gasteiger charge is -2.24. The summed E-state index contributed by atoms with van der Waals surface area (Å²) in [5.41, 5.74) is 3.44. The molecular weight excluding hydrogens is 238 g/mol. The molecule has 0 bridgehead atoms. The van der Waals surface area contributed by atoms with Crippen LogP contribution in [0.3, 0.4) is 0 Å². The average Bonchev–Trinajstić information content (AvgIpc) is 2.81. The minimum atomic E-state index is 0.190. The van der Waals surface area contributed by atoms with Crippen molar-refractivity contribution in [1.29, 1.82) is 0 Å². The first-order valence-corrected chi connectivity index (χ1v) is 7.24. The molecule has 4 heteroatoms. The van der Waals surface area contributed by atoms with E-state index in [4.69, 9.17) is 0 Å². The lowest BCUT2D eigenvalue weighted by atomic mass is 10.0. The van der Waals surface area contributed by atoms with Gasteiger partial charge in [-0.05, 0) is 44.6 Å². The van der Waals surface area contributed by atoms with Gasteiger partial charge in [0.15, 0.2) is 0 Å². The summed E-state index contributed by atoms with van der Waals surface area (Å²) in [6.07, 6.45) is 3.17. The van der Waals surface area contributed by atoms with Gasteiger partial charge in [0.25, 0.3) is 0 Å². The second kappa shape index (κ2) is 5.87. The Morgan fingerprint density at radius 3 is 2.42 bits per heavy atom. The highest BCUT2D eigenvalue weighted by Crippen LogP contribution is 2.24. The third-order valence-electron chi connectivity index (χ3n) is 3.87. The first-order valence-electron chi connectivity index (χ1n) is 7.24. The summed E-state index contributed by atoms with van der Waals surface area (Å²) in [6, 6.07) is 0.190. The maximum atomic E-state index is 9.41. The van der Waals surface area contributed by atoms with Crippen LogP contribution < -0.4 is 4.90 Å². The molecule has 2 heterocycles. The van der Waals surface area contributed by atoms with Crippen LogP contribution in [-0.4, -0.2) is 34.3 Å². The van der Waals surface area contributed by atoms with Gasteiger partial charge in [-0.1, -0.05) is 13.8 Å². The maximum absolute atomic E-state index is 9.41. The number of hydrogen-bond acceptors (Lipinski definition) is 4. The fraction of sp³-hybridized carbons (Fsp3) is 0.733. The van der Waals surface area contributed by atoms with Gasteiger partial charge in [-0.25, -0.2) is 9.97 Å². The van der Waals surface area contributed by atoms with Crippen LogP contribution in [0.15, 0.2) is 0 Å². The predicted octanol–water partition coefficient (Wildman–Crippen LogP) is 2.25. The fourth-order valence-corrected chi connectivity index (χ4v) is 2.84. The summed E-state index contributed by atoms with van der Waals surface area (Å²) >= 11 is 0. The standard InChI is InChI=1S/C15H25N3O/c1-10(2)8-14-11(3)16-15(17-12(14)4)18-7-5-6-13(18)9-19/h10,13,19H,5-9H2,1-4H3/t13-/m0/s1. The molecule has 1 aliphatic rings. The molecule has 19 heavy (non-hydrogen) atoms. The van der Waals surface area contributed by atoms with Crippen LogP contribution in [0, 0.1) is 19.8 Å². The fourth-order valence-electron chi connectivity index (χ4n) is 2.84. The zero-order chi connectivity index (χ0) is 14.0. The van der Waals surface area contributed by atoms with Crippen molar-refractivity contribution in [3.63, 3.8) is 0 Å². The van der Waals surface area contributed by atoms with E-state index in [1.807, 2.05) is 0 Å². The van der Waals surface area contributed by atoms with Gasteiger partial charge in [0.1, 0.15) is 0 Å². The molecule has 0 saturated carbocycles. The molecule has 1 N–H and O–H groups in total. The Hall–Kier alpha value is -1.16. The van der Waals surface area contributed by atoms with Crippen molar-refractivity contribution < 1.29 is 5.11 Å². The van der Waals surface area contributed by atoms with Crippen molar-refractivity contribution in [3.05, 3.63) is 17.0 Å². The molecule has 1 fully saturated rings. The van der Waals surface area contributed by atoms with Crippen LogP contribution >= 0.6 is 0 Å². The van der Waals surface area contributed by atoms with Gasteiger partial charge < -0.3 is 10.0 Å². The van der Waals surface area contributed by atoms with Crippen LogP contribution in [0.2, 0.25) is 0 Å². The third-order valence-corrected chi connectivity index (χ3v) is 3.87. The molecule has 1 aliphatic heterocycles. The number of nitrogens with zero attached hydrogens (tertiary/aromatic N) is 3. The normalized spacial score (nSPS) is 19.5. The molecule has 106 valence electrons. The molecule has 1 aromatic rings. The molecule has 1 aromatic heterocycles. The number of rotatable bonds is 4. The second-order valence-electron chi connectivity index (χ2n) is 5.94. The molecule has 0 radical (unpaired) electrons. The van der Waals surface area contributed by atoms with Crippen LogP contribution in [0.25, 0.3) is 0 Å². The molecule has 1 saturated heterocycles. The summed E-state index contributed by atoms with van der Waals surface area (Å²) < 4.78 is 0. The Bertz CT molecular complexity index is 422. The van der Waals surface area contributed by atoms with Crippen LogP contribution in [0.1, 0.15) is 43.6 Å². The number of hydrogen-bond donors (Lipinski definition) is 1. The van der Waals surface area contributed by atoms with Gasteiger partial charge in [-0.2, -0.15) is 0 Å². The Labute approximate surface area is 115 Å². The summed E-state index contributed by atoms with van der Waals surface area (Å²) in [5, 5.41) is 9.41. The van der Waals surface area contributed by atoms with E-state index in [1.165, 1.54) is 5.56 Å². The molecule has 2 rings (SSSR count). The van der Waals surface area contributed by atoms with E-state index >= 15 is 0 Å². The Kier molecular flexibility index (Phi) is 4.40. The average molecular weight is 263 g/mol. The summed E-state index contributed by atoms with van der Waals surface area (Å²) in [6.45, 7) is 9.72. The summed E-state index contributed by atoms with van der Waals surface area (Å²) in [4.78, 5) is 11.5. The van der Waals surface area contributed by atoms with E-state index < -0.39 is 0 Å². The zero-order valence-electron chi connectivity index (χ0n) is 12.5. The highest BCUT2D eigenvalue weighted by Gasteiger charge is 2.26. The van der Waals surface area contributed by atoms with Crippen molar-refractivity contribution in [2.75, 3.05) is 18.1 Å². The molecular formula is C15H25N3O. The molecule has 0 unspecified atom stereocenters. The van der Waals surface area contributed by atoms with Gasteiger partial charge in [-0.3, -0.25) is 0 Å². The minimum absolute atomic E-state index is 0.190. The van der Waals surface area contributed by atoms with E-state index in [0.717, 1.165) is 43.1 Å². The lowest BCUT2D eigenvalue weighted by Crippen LogP contribution is -2.34. The first-order chi connectivity index (χ1) is 9.02. The van der Waals surface area contributed by atoms with Crippen LogP contribution in [0.4, 0.5) is 5.95 Å². The van der Waals surface area contributed by atoms with Crippen molar-refractivity contribution in [2.45, 2.75) is 53.0 Å². The highest BCUT2D eigenvalue weighted by molar-refractivity contribution is 5.39. The number of aromatic nitrogens is 2. The monoisotopic (exact) mass is 263 g/mol. The SMILES string of the molecule is Cc1nc(N2CCC[C@H]2CO)nc(C)c1CC(C)C. The number of anilines is 1. The highest BCUT2D eigenvalue weighted by atomic mass is 16.3. The van der Waals surface area contributed by atoms with Crippen molar-refractivity contribution in [3.8, 4) is 0 Å². The minimum Gasteiger partial charge on any atom is -0.394 e. The number of aliphatic hydroxyl groups is 1. The lowest BCUT2D eigenvalue weighted by molar-refractivity contribution is 0.265. The van der Waals surface area contributed by atoms with Crippen LogP contribution in [-0.2, 0) is 6.42 Å². The van der Waals surface area contributed by atoms with Crippen molar-refractivity contribution in [1.82, 2.24) is 9.97 Å². The Morgan fingerprint density at radius 1 is 1.26 bits per heavy atom. The zero-order valence-corrected chi connectivity index (χ0v) is 12.5. The molecule has 0 amide bonds. The number of aryl methyl sites for hydroxylation is 2. The van der Waals surface area contributed by atoms with Gasteiger partial charge in [0.2, 0.25) is 5.95 Å². The van der Waals surface area contributed by atoms with Gasteiger partial charge in [-0.15, -0.1) is 0 Å². The predicted molar refractivity (Wildman–Crippen MR) is 77.5 cm³/mol. The Balaban J connectivity index is 2.29. The van der Waals surface area contributed by atoms with E-state index in [0.29, 0.717) is 5.92 Å². The molecule has 0 aliphatic carbocycles. The largest absolute Gasteiger partial charge is 0.394 e. The van der Waals surface area contributed by atoms with Crippen molar-refractivity contribution in [2.24, 2.45) is 5.92 Å². The molecule has 1 atom stereocenters. The van der Waals surface area contributed by atoms with Crippen molar-refractivity contribution >= 4 is 5.95 Å². The molecule has 0 spiro atoms. The van der Waals surface area contributed by atoms with E-state index in [2.05, 4.69) is 42.6 Å². The smallest absolute Gasteiger partial charge is 0.226 e. The van der Waals surface area contributed by atoms with Gasteiger partial charge >= 0.3 is 0 Å². The van der Waals surface area contributed by atoms with Gasteiger partial charge in [0, 0.05) is 17.9 Å². The third kappa shape index (κ3) is 3.06. The second-order valence-corrected chi connectivity index (χ2v) is 5.94. The van der Waals surface area contributed by atoms with Crippen LogP contribution in [0.5, 0.6) is 0 Å².